The monoisotopic (exact) mass is 371 g/mol. The highest BCUT2D eigenvalue weighted by molar-refractivity contribution is 5.73. The van der Waals surface area contributed by atoms with E-state index in [1.165, 1.54) is 0 Å². The van der Waals surface area contributed by atoms with Crippen molar-refractivity contribution in [2.75, 3.05) is 11.1 Å². The van der Waals surface area contributed by atoms with Gasteiger partial charge in [0.15, 0.2) is 0 Å². The van der Waals surface area contributed by atoms with E-state index in [1.54, 1.807) is 18.3 Å². The summed E-state index contributed by atoms with van der Waals surface area (Å²) in [7, 11) is 0. The first-order chi connectivity index (χ1) is 13.7. The molecular weight excluding hydrogens is 350 g/mol. The van der Waals surface area contributed by atoms with Crippen LogP contribution in [0.4, 0.5) is 11.5 Å². The van der Waals surface area contributed by atoms with E-state index in [1.807, 2.05) is 48.5 Å². The first-order valence-electron chi connectivity index (χ1n) is 8.75. The molecule has 0 amide bonds. The van der Waals surface area contributed by atoms with Gasteiger partial charge in [-0.15, -0.1) is 0 Å². The van der Waals surface area contributed by atoms with Gasteiger partial charge in [0.2, 0.25) is 0 Å². The zero-order valence-electron chi connectivity index (χ0n) is 15.4. The molecule has 6 nitrogen and oxygen atoms in total. The highest BCUT2D eigenvalue weighted by atomic mass is 16.6. The van der Waals surface area contributed by atoms with Crippen LogP contribution in [0.3, 0.4) is 0 Å². The van der Waals surface area contributed by atoms with Crippen molar-refractivity contribution in [3.63, 3.8) is 0 Å². The van der Waals surface area contributed by atoms with Crippen molar-refractivity contribution in [3.8, 4) is 6.07 Å². The van der Waals surface area contributed by atoms with Gasteiger partial charge in [-0.05, 0) is 41.5 Å². The minimum Gasteiger partial charge on any atom is -0.384 e. The molecule has 0 atom stereocenters. The van der Waals surface area contributed by atoms with Crippen LogP contribution in [0.15, 0.2) is 73.4 Å². The van der Waals surface area contributed by atoms with Gasteiger partial charge >= 0.3 is 0 Å². The van der Waals surface area contributed by atoms with Gasteiger partial charge in [0.25, 0.3) is 0 Å². The van der Waals surface area contributed by atoms with Crippen LogP contribution < -0.4 is 16.5 Å². The summed E-state index contributed by atoms with van der Waals surface area (Å²) in [5, 5.41) is 12.2. The van der Waals surface area contributed by atoms with Gasteiger partial charge in [0, 0.05) is 24.0 Å². The van der Waals surface area contributed by atoms with Crippen molar-refractivity contribution < 1.29 is 4.84 Å². The molecule has 0 unspecified atom stereocenters. The molecule has 0 spiro atoms. The molecule has 0 aliphatic rings. The molecule has 1 aromatic heterocycles. The van der Waals surface area contributed by atoms with Crippen LogP contribution in [0.5, 0.6) is 0 Å². The molecule has 0 saturated carbocycles. The number of hydroxylamine groups is 1. The van der Waals surface area contributed by atoms with E-state index < -0.39 is 0 Å². The Hall–Kier alpha value is -3.82. The van der Waals surface area contributed by atoms with Crippen molar-refractivity contribution in [2.24, 2.45) is 0 Å². The second kappa shape index (κ2) is 9.21. The fraction of sp³-hybridized carbons (Fsp3) is 0.0909. The zero-order chi connectivity index (χ0) is 19.8. The summed E-state index contributed by atoms with van der Waals surface area (Å²) in [5.74, 6) is 0.495. The Morgan fingerprint density at radius 2 is 1.89 bits per heavy atom. The fourth-order valence-electron chi connectivity index (χ4n) is 2.64. The van der Waals surface area contributed by atoms with Gasteiger partial charge in [0.1, 0.15) is 5.82 Å². The third-order valence-electron chi connectivity index (χ3n) is 4.10. The summed E-state index contributed by atoms with van der Waals surface area (Å²) in [5.41, 5.74) is 13.7. The summed E-state index contributed by atoms with van der Waals surface area (Å²) >= 11 is 0. The van der Waals surface area contributed by atoms with Crippen LogP contribution >= 0.6 is 0 Å². The van der Waals surface area contributed by atoms with E-state index >= 15 is 0 Å². The molecule has 1 heterocycles. The zero-order valence-corrected chi connectivity index (χ0v) is 15.4. The number of aromatic nitrogens is 1. The molecular formula is C22H21N5O. The predicted molar refractivity (Wildman–Crippen MR) is 111 cm³/mol. The number of benzene rings is 2. The number of hydrogen-bond acceptors (Lipinski definition) is 6. The van der Waals surface area contributed by atoms with Gasteiger partial charge in [-0.25, -0.2) is 4.98 Å². The average Bonchev–Trinajstić information content (AvgIpc) is 2.73. The predicted octanol–water partition coefficient (Wildman–Crippen LogP) is 3.84. The minimum absolute atomic E-state index is 0.358. The lowest BCUT2D eigenvalue weighted by molar-refractivity contribution is 0.0648. The van der Waals surface area contributed by atoms with E-state index in [4.69, 9.17) is 15.8 Å². The molecule has 3 aromatic rings. The highest BCUT2D eigenvalue weighted by Crippen LogP contribution is 2.22. The largest absolute Gasteiger partial charge is 0.384 e. The third-order valence-corrected chi connectivity index (χ3v) is 4.10. The van der Waals surface area contributed by atoms with Crippen LogP contribution in [0.25, 0.3) is 5.70 Å². The Morgan fingerprint density at radius 3 is 2.64 bits per heavy atom. The number of nitrogens with zero attached hydrogens (tertiary/aromatic N) is 2. The van der Waals surface area contributed by atoms with Crippen molar-refractivity contribution >= 4 is 17.2 Å². The quantitative estimate of drug-likeness (QED) is 0.521. The molecule has 28 heavy (non-hydrogen) atoms. The van der Waals surface area contributed by atoms with Gasteiger partial charge < -0.3 is 11.1 Å². The minimum atomic E-state index is 0.358. The molecule has 0 bridgehead atoms. The SMILES string of the molecule is C=C(NOCc1ccc(C#N)cc1)c1ccccc1NCc1ccnc(N)c1. The van der Waals surface area contributed by atoms with Crippen molar-refractivity contribution in [2.45, 2.75) is 13.2 Å². The number of nitriles is 1. The highest BCUT2D eigenvalue weighted by Gasteiger charge is 2.06. The third kappa shape index (κ3) is 5.10. The van der Waals surface area contributed by atoms with Crippen LogP contribution in [-0.4, -0.2) is 4.98 Å². The fourth-order valence-corrected chi connectivity index (χ4v) is 2.64. The Kier molecular flexibility index (Phi) is 6.24. The first kappa shape index (κ1) is 19.0. The number of para-hydroxylation sites is 1. The Bertz CT molecular complexity index is 992. The number of anilines is 2. The molecule has 3 rings (SSSR count). The standard InChI is InChI=1S/C22H21N5O/c1-16(27-28-15-18-8-6-17(13-23)7-9-18)20-4-2-3-5-21(20)26-14-19-10-11-25-22(24)12-19/h2-12,26-27H,1,14-15H2,(H2,24,25). The Morgan fingerprint density at radius 1 is 1.11 bits per heavy atom. The maximum atomic E-state index is 8.84. The van der Waals surface area contributed by atoms with Crippen LogP contribution in [0.2, 0.25) is 0 Å². The lowest BCUT2D eigenvalue weighted by atomic mass is 10.1. The topological polar surface area (TPSA) is 96.0 Å². The van der Waals surface area contributed by atoms with Crippen LogP contribution in [-0.2, 0) is 18.0 Å². The van der Waals surface area contributed by atoms with Crippen molar-refractivity contribution in [1.82, 2.24) is 10.5 Å². The summed E-state index contributed by atoms with van der Waals surface area (Å²) in [6.07, 6.45) is 1.69. The Balaban J connectivity index is 1.58. The molecule has 4 N–H and O–H groups in total. The second-order valence-electron chi connectivity index (χ2n) is 6.17. The molecule has 0 aliphatic heterocycles. The van der Waals surface area contributed by atoms with E-state index in [9.17, 15) is 0 Å². The van der Waals surface area contributed by atoms with Crippen molar-refractivity contribution in [3.05, 3.63) is 95.7 Å². The lowest BCUT2D eigenvalue weighted by Gasteiger charge is -2.15. The molecule has 140 valence electrons. The van der Waals surface area contributed by atoms with Gasteiger partial charge in [-0.1, -0.05) is 36.9 Å². The van der Waals surface area contributed by atoms with Crippen LogP contribution in [0.1, 0.15) is 22.3 Å². The smallest absolute Gasteiger partial charge is 0.123 e. The van der Waals surface area contributed by atoms with Crippen molar-refractivity contribution in [1.29, 1.82) is 5.26 Å². The average molecular weight is 371 g/mol. The number of nitrogens with two attached hydrogens (primary N) is 1. The molecule has 0 fully saturated rings. The van der Waals surface area contributed by atoms with E-state index in [0.717, 1.165) is 22.4 Å². The second-order valence-corrected chi connectivity index (χ2v) is 6.17. The maximum Gasteiger partial charge on any atom is 0.123 e. The van der Waals surface area contributed by atoms with Gasteiger partial charge in [-0.2, -0.15) is 5.26 Å². The first-order valence-corrected chi connectivity index (χ1v) is 8.75. The number of rotatable bonds is 8. The molecule has 0 aliphatic carbocycles. The Labute approximate surface area is 164 Å². The van der Waals surface area contributed by atoms with Gasteiger partial charge in [-0.3, -0.25) is 10.3 Å². The molecule has 2 aromatic carbocycles. The summed E-state index contributed by atoms with van der Waals surface area (Å²) < 4.78 is 0. The molecule has 6 heteroatoms. The van der Waals surface area contributed by atoms with E-state index in [-0.39, 0.29) is 0 Å². The number of hydrogen-bond donors (Lipinski definition) is 3. The molecule has 0 saturated heterocycles. The van der Waals surface area contributed by atoms with E-state index in [2.05, 4.69) is 28.4 Å². The number of nitrogens with one attached hydrogen (secondary N) is 2. The number of pyridine rings is 1. The normalized spacial score (nSPS) is 10.1. The summed E-state index contributed by atoms with van der Waals surface area (Å²) in [4.78, 5) is 9.56. The maximum absolute atomic E-state index is 8.84. The van der Waals surface area contributed by atoms with Gasteiger partial charge in [0.05, 0.1) is 23.9 Å². The summed E-state index contributed by atoms with van der Waals surface area (Å²) in [6, 6.07) is 20.9. The number of nitrogen functional groups attached to an aromatic ring is 1. The van der Waals surface area contributed by atoms with E-state index in [0.29, 0.717) is 30.2 Å². The lowest BCUT2D eigenvalue weighted by Crippen LogP contribution is -2.14. The van der Waals surface area contributed by atoms with Crippen LogP contribution in [0, 0.1) is 11.3 Å². The summed E-state index contributed by atoms with van der Waals surface area (Å²) in [6.45, 7) is 5.04. The molecule has 0 radical (unpaired) electrons.